The molecule has 1 unspecified atom stereocenters. The zero-order valence-corrected chi connectivity index (χ0v) is 11.5. The minimum absolute atomic E-state index is 0.0134. The van der Waals surface area contributed by atoms with Gasteiger partial charge < -0.3 is 5.32 Å². The highest BCUT2D eigenvalue weighted by Gasteiger charge is 2.31. The largest absolute Gasteiger partial charge is 0.416 e. The van der Waals surface area contributed by atoms with Crippen LogP contribution in [0.3, 0.4) is 0 Å². The summed E-state index contributed by atoms with van der Waals surface area (Å²) in [5.74, 6) is -0.184. The van der Waals surface area contributed by atoms with E-state index in [2.05, 4.69) is 5.32 Å². The Morgan fingerprint density at radius 3 is 2.47 bits per heavy atom. The summed E-state index contributed by atoms with van der Waals surface area (Å²) in [7, 11) is -1.99. The molecule has 0 aromatic heterocycles. The lowest BCUT2D eigenvalue weighted by atomic mass is 10.2. The number of sulfone groups is 1. The third-order valence-corrected chi connectivity index (χ3v) is 4.58. The summed E-state index contributed by atoms with van der Waals surface area (Å²) in [6.07, 6.45) is -4.20. The van der Waals surface area contributed by atoms with E-state index < -0.39 is 21.6 Å². The number of halogens is 3. The van der Waals surface area contributed by atoms with Gasteiger partial charge in [-0.3, -0.25) is 0 Å². The van der Waals surface area contributed by atoms with Gasteiger partial charge in [0.25, 0.3) is 0 Å². The molecule has 1 atom stereocenters. The van der Waals surface area contributed by atoms with E-state index in [4.69, 9.17) is 0 Å². The number of rotatable bonds is 5. The Labute approximate surface area is 110 Å². The summed E-state index contributed by atoms with van der Waals surface area (Å²) in [6, 6.07) is 3.82. The first kappa shape index (κ1) is 16.0. The molecule has 1 rings (SSSR count). The van der Waals surface area contributed by atoms with Crippen LogP contribution in [0.25, 0.3) is 0 Å². The maximum Gasteiger partial charge on any atom is 0.416 e. The molecule has 1 aromatic rings. The molecule has 0 saturated carbocycles. The van der Waals surface area contributed by atoms with Gasteiger partial charge in [0.15, 0.2) is 9.84 Å². The molecule has 0 heterocycles. The van der Waals surface area contributed by atoms with Crippen LogP contribution in [0.2, 0.25) is 0 Å². The highest BCUT2D eigenvalue weighted by Crippen LogP contribution is 2.30. The van der Waals surface area contributed by atoms with E-state index in [-0.39, 0.29) is 16.7 Å². The Kier molecular flexibility index (Phi) is 4.98. The molecule has 0 radical (unpaired) electrons. The van der Waals surface area contributed by atoms with Crippen LogP contribution in [-0.2, 0) is 16.0 Å². The van der Waals surface area contributed by atoms with Gasteiger partial charge in [-0.1, -0.05) is 6.07 Å². The summed E-state index contributed by atoms with van der Waals surface area (Å²) >= 11 is 0. The second-order valence-corrected chi connectivity index (χ2v) is 6.43. The number of benzene rings is 1. The minimum atomic E-state index is -4.54. The lowest BCUT2D eigenvalue weighted by molar-refractivity contribution is -0.137. The second kappa shape index (κ2) is 5.92. The number of hydrogen-bond donors (Lipinski definition) is 1. The molecular weight excluding hydrogens is 279 g/mol. The van der Waals surface area contributed by atoms with Crippen LogP contribution in [0.5, 0.6) is 0 Å². The van der Waals surface area contributed by atoms with E-state index in [9.17, 15) is 21.6 Å². The Balaban J connectivity index is 2.96. The van der Waals surface area contributed by atoms with Gasteiger partial charge in [-0.25, -0.2) is 8.42 Å². The molecule has 1 N–H and O–H groups in total. The maximum atomic E-state index is 12.5. The first-order valence-electron chi connectivity index (χ1n) is 5.74. The van der Waals surface area contributed by atoms with E-state index in [1.807, 2.05) is 6.92 Å². The molecule has 0 amide bonds. The average molecular weight is 295 g/mol. The predicted octanol–water partition coefficient (Wildman–Crippen LogP) is 2.48. The van der Waals surface area contributed by atoms with Crippen molar-refractivity contribution in [3.05, 3.63) is 29.8 Å². The SMILES string of the molecule is CNC(C)CCS(=O)(=O)c1cccc(C(F)(F)F)c1. The van der Waals surface area contributed by atoms with Crippen molar-refractivity contribution in [2.75, 3.05) is 12.8 Å². The molecule has 0 aliphatic heterocycles. The van der Waals surface area contributed by atoms with Gasteiger partial charge in [-0.05, 0) is 38.6 Å². The molecule has 7 heteroatoms. The third-order valence-electron chi connectivity index (χ3n) is 2.83. The molecule has 19 heavy (non-hydrogen) atoms. The maximum absolute atomic E-state index is 12.5. The van der Waals surface area contributed by atoms with E-state index >= 15 is 0 Å². The topological polar surface area (TPSA) is 46.2 Å². The summed E-state index contributed by atoms with van der Waals surface area (Å²) < 4.78 is 61.4. The third kappa shape index (κ3) is 4.50. The zero-order valence-electron chi connectivity index (χ0n) is 10.7. The highest BCUT2D eigenvalue weighted by molar-refractivity contribution is 7.91. The van der Waals surface area contributed by atoms with Gasteiger partial charge in [0, 0.05) is 6.04 Å². The summed E-state index contributed by atoms with van der Waals surface area (Å²) in [5, 5.41) is 2.88. The van der Waals surface area contributed by atoms with Gasteiger partial charge in [0.2, 0.25) is 0 Å². The van der Waals surface area contributed by atoms with E-state index in [1.165, 1.54) is 6.07 Å². The Morgan fingerprint density at radius 1 is 1.32 bits per heavy atom. The fraction of sp³-hybridized carbons (Fsp3) is 0.500. The lowest BCUT2D eigenvalue weighted by Crippen LogP contribution is -2.24. The van der Waals surface area contributed by atoms with Crippen molar-refractivity contribution in [2.45, 2.75) is 30.5 Å². The van der Waals surface area contributed by atoms with E-state index in [0.717, 1.165) is 12.1 Å². The molecule has 1 aromatic carbocycles. The van der Waals surface area contributed by atoms with Crippen LogP contribution in [0.1, 0.15) is 18.9 Å². The Morgan fingerprint density at radius 2 is 1.95 bits per heavy atom. The second-order valence-electron chi connectivity index (χ2n) is 4.32. The summed E-state index contributed by atoms with van der Waals surface area (Å²) in [5.41, 5.74) is -0.949. The molecule has 0 bridgehead atoms. The van der Waals surface area contributed by atoms with Gasteiger partial charge in [0.1, 0.15) is 0 Å². The standard InChI is InChI=1S/C12H16F3NO2S/c1-9(16-2)6-7-19(17,18)11-5-3-4-10(8-11)12(13,14)15/h3-5,8-9,16H,6-7H2,1-2H3. The minimum Gasteiger partial charge on any atom is -0.317 e. The van der Waals surface area contributed by atoms with Crippen molar-refractivity contribution >= 4 is 9.84 Å². The van der Waals surface area contributed by atoms with Crippen LogP contribution < -0.4 is 5.32 Å². The van der Waals surface area contributed by atoms with Gasteiger partial charge >= 0.3 is 6.18 Å². The van der Waals surface area contributed by atoms with Gasteiger partial charge in [-0.15, -0.1) is 0 Å². The predicted molar refractivity (Wildman–Crippen MR) is 66.6 cm³/mol. The Bertz CT molecular complexity index is 526. The summed E-state index contributed by atoms with van der Waals surface area (Å²) in [4.78, 5) is -0.286. The van der Waals surface area contributed by atoms with E-state index in [1.54, 1.807) is 7.05 Å². The first-order valence-corrected chi connectivity index (χ1v) is 7.39. The smallest absolute Gasteiger partial charge is 0.317 e. The fourth-order valence-corrected chi connectivity index (χ4v) is 2.95. The van der Waals surface area contributed by atoms with Crippen LogP contribution in [-0.4, -0.2) is 27.3 Å². The van der Waals surface area contributed by atoms with Crippen molar-refractivity contribution < 1.29 is 21.6 Å². The van der Waals surface area contributed by atoms with Gasteiger partial charge in [-0.2, -0.15) is 13.2 Å². The van der Waals surface area contributed by atoms with Crippen molar-refractivity contribution in [2.24, 2.45) is 0 Å². The first-order chi connectivity index (χ1) is 8.66. The summed E-state index contributed by atoms with van der Waals surface area (Å²) in [6.45, 7) is 1.81. The van der Waals surface area contributed by atoms with Crippen LogP contribution in [0, 0.1) is 0 Å². The molecule has 3 nitrogen and oxygen atoms in total. The van der Waals surface area contributed by atoms with Crippen molar-refractivity contribution in [3.63, 3.8) is 0 Å². The molecule has 0 saturated heterocycles. The zero-order chi connectivity index (χ0) is 14.7. The monoisotopic (exact) mass is 295 g/mol. The van der Waals surface area contributed by atoms with Gasteiger partial charge in [0.05, 0.1) is 16.2 Å². The molecule has 108 valence electrons. The normalized spacial score (nSPS) is 14.4. The quantitative estimate of drug-likeness (QED) is 0.907. The highest BCUT2D eigenvalue weighted by atomic mass is 32.2. The van der Waals surface area contributed by atoms with Crippen molar-refractivity contribution in [1.29, 1.82) is 0 Å². The molecule has 0 aliphatic carbocycles. The Hall–Kier alpha value is -1.08. The number of alkyl halides is 3. The van der Waals surface area contributed by atoms with Crippen LogP contribution in [0.4, 0.5) is 13.2 Å². The lowest BCUT2D eigenvalue weighted by Gasteiger charge is -2.12. The van der Waals surface area contributed by atoms with Crippen LogP contribution >= 0.6 is 0 Å². The van der Waals surface area contributed by atoms with E-state index in [0.29, 0.717) is 12.5 Å². The fourth-order valence-electron chi connectivity index (χ4n) is 1.46. The van der Waals surface area contributed by atoms with Crippen molar-refractivity contribution in [1.82, 2.24) is 5.32 Å². The molecular formula is C12H16F3NO2S. The van der Waals surface area contributed by atoms with Crippen LogP contribution in [0.15, 0.2) is 29.2 Å². The number of hydrogen-bond acceptors (Lipinski definition) is 3. The van der Waals surface area contributed by atoms with Crippen molar-refractivity contribution in [3.8, 4) is 0 Å². The molecule has 0 aliphatic rings. The number of nitrogens with one attached hydrogen (secondary N) is 1. The molecule has 0 spiro atoms. The average Bonchev–Trinajstić information content (AvgIpc) is 2.35. The molecule has 0 fully saturated rings.